The minimum absolute atomic E-state index is 0.0898. The van der Waals surface area contributed by atoms with Crippen LogP contribution in [0, 0.1) is 2.88 Å². The molecule has 18 heavy (non-hydrogen) atoms. The number of hydrogen-bond donors (Lipinski definition) is 2. The topological polar surface area (TPSA) is 57.8 Å². The Morgan fingerprint density at radius 2 is 2.28 bits per heavy atom. The maximum Gasteiger partial charge on any atom is 0.256 e. The number of nitrogens with zero attached hydrogens (tertiary/aromatic N) is 1. The van der Waals surface area contributed by atoms with E-state index >= 15 is 0 Å². The van der Waals surface area contributed by atoms with E-state index in [0.717, 1.165) is 19.5 Å². The second kappa shape index (κ2) is 4.69. The lowest BCUT2D eigenvalue weighted by Gasteiger charge is -2.03. The quantitative estimate of drug-likeness (QED) is 0.680. The maximum atomic E-state index is 12.0. The highest BCUT2D eigenvalue weighted by atomic mass is 127. The number of nitrogens with one attached hydrogen (secondary N) is 2. The minimum atomic E-state index is -0.0898. The van der Waals surface area contributed by atoms with Gasteiger partial charge in [-0.25, -0.2) is 0 Å². The summed E-state index contributed by atoms with van der Waals surface area (Å²) < 4.78 is 1.10. The van der Waals surface area contributed by atoms with Crippen LogP contribution in [0.3, 0.4) is 0 Å². The normalized spacial score (nSPS) is 10.7. The van der Waals surface area contributed by atoms with Crippen molar-refractivity contribution in [3.05, 3.63) is 44.3 Å². The highest BCUT2D eigenvalue weighted by Crippen LogP contribution is 2.20. The number of amides is 1. The molecule has 3 aromatic rings. The van der Waals surface area contributed by atoms with Gasteiger partial charge in [0.25, 0.3) is 5.91 Å². The number of carbonyl (C=O) groups excluding carboxylic acids is 1. The summed E-state index contributed by atoms with van der Waals surface area (Å²) in [5.74, 6) is -0.0898. The number of thiophene rings is 1. The lowest BCUT2D eigenvalue weighted by Crippen LogP contribution is -2.10. The van der Waals surface area contributed by atoms with Crippen LogP contribution in [0.4, 0.5) is 5.69 Å². The fourth-order valence-corrected chi connectivity index (χ4v) is 2.97. The van der Waals surface area contributed by atoms with Crippen molar-refractivity contribution in [2.24, 2.45) is 0 Å². The zero-order valence-corrected chi connectivity index (χ0v) is 12.1. The van der Waals surface area contributed by atoms with Crippen molar-refractivity contribution in [2.45, 2.75) is 0 Å². The van der Waals surface area contributed by atoms with E-state index in [4.69, 9.17) is 0 Å². The predicted molar refractivity (Wildman–Crippen MR) is 81.1 cm³/mol. The molecule has 0 atom stereocenters. The van der Waals surface area contributed by atoms with E-state index in [1.54, 1.807) is 17.5 Å². The van der Waals surface area contributed by atoms with Crippen LogP contribution < -0.4 is 5.32 Å². The van der Waals surface area contributed by atoms with Crippen LogP contribution in [-0.2, 0) is 0 Å². The van der Waals surface area contributed by atoms with Crippen molar-refractivity contribution in [3.8, 4) is 0 Å². The molecule has 0 aliphatic rings. The summed E-state index contributed by atoms with van der Waals surface area (Å²) in [5, 5.41) is 12.6. The first-order valence-corrected chi connectivity index (χ1v) is 7.17. The fraction of sp³-hybridized carbons (Fsp3) is 0. The van der Waals surface area contributed by atoms with Gasteiger partial charge in [0.2, 0.25) is 0 Å². The van der Waals surface area contributed by atoms with Crippen molar-refractivity contribution in [3.63, 3.8) is 0 Å². The molecule has 90 valence electrons. The molecular formula is C12H8IN3OS. The van der Waals surface area contributed by atoms with E-state index in [1.807, 2.05) is 29.6 Å². The Kier molecular flexibility index (Phi) is 3.04. The van der Waals surface area contributed by atoms with Crippen LogP contribution in [0.25, 0.3) is 10.9 Å². The van der Waals surface area contributed by atoms with E-state index < -0.39 is 0 Å². The second-order valence-electron chi connectivity index (χ2n) is 3.77. The number of rotatable bonds is 2. The van der Waals surface area contributed by atoms with Crippen LogP contribution in [-0.4, -0.2) is 16.1 Å². The van der Waals surface area contributed by atoms with E-state index in [0.29, 0.717) is 5.56 Å². The summed E-state index contributed by atoms with van der Waals surface area (Å²) >= 11 is 3.76. The van der Waals surface area contributed by atoms with Gasteiger partial charge in [0.15, 0.2) is 0 Å². The molecule has 0 saturated carbocycles. The number of halogens is 1. The largest absolute Gasteiger partial charge is 0.322 e. The Morgan fingerprint density at radius 1 is 1.39 bits per heavy atom. The molecule has 0 saturated heterocycles. The molecule has 2 N–H and O–H groups in total. The Balaban J connectivity index is 1.85. The monoisotopic (exact) mass is 369 g/mol. The van der Waals surface area contributed by atoms with Gasteiger partial charge in [-0.3, -0.25) is 9.89 Å². The Bertz CT molecular complexity index is 719. The summed E-state index contributed by atoms with van der Waals surface area (Å²) in [7, 11) is 0. The second-order valence-corrected chi connectivity index (χ2v) is 6.57. The van der Waals surface area contributed by atoms with Gasteiger partial charge in [-0.05, 0) is 46.9 Å². The smallest absolute Gasteiger partial charge is 0.256 e. The van der Waals surface area contributed by atoms with Crippen LogP contribution in [0.5, 0.6) is 0 Å². The first-order chi connectivity index (χ1) is 8.72. The van der Waals surface area contributed by atoms with E-state index in [9.17, 15) is 4.79 Å². The number of H-pyrrole nitrogens is 1. The molecule has 0 aliphatic heterocycles. The van der Waals surface area contributed by atoms with Crippen LogP contribution in [0.1, 0.15) is 10.4 Å². The van der Waals surface area contributed by atoms with Crippen LogP contribution in [0.15, 0.2) is 35.8 Å². The van der Waals surface area contributed by atoms with Gasteiger partial charge in [-0.15, -0.1) is 11.3 Å². The maximum absolute atomic E-state index is 12.0. The third kappa shape index (κ3) is 2.25. The van der Waals surface area contributed by atoms with Crippen molar-refractivity contribution in [1.82, 2.24) is 10.2 Å². The number of benzene rings is 1. The van der Waals surface area contributed by atoms with Gasteiger partial charge < -0.3 is 5.32 Å². The summed E-state index contributed by atoms with van der Waals surface area (Å²) in [6.07, 6.45) is 1.75. The van der Waals surface area contributed by atoms with Crippen molar-refractivity contribution < 1.29 is 4.79 Å². The number of aromatic amines is 1. The SMILES string of the molecule is O=C(Nc1ccc2cn[nH]c2c1)c1csc(I)c1. The number of carbonyl (C=O) groups is 1. The van der Waals surface area contributed by atoms with Crippen molar-refractivity contribution in [1.29, 1.82) is 0 Å². The molecule has 3 rings (SSSR count). The molecule has 2 aromatic heterocycles. The van der Waals surface area contributed by atoms with E-state index in [1.165, 1.54) is 0 Å². The van der Waals surface area contributed by atoms with Crippen LogP contribution in [0.2, 0.25) is 0 Å². The summed E-state index contributed by atoms with van der Waals surface area (Å²) in [6, 6.07) is 7.53. The van der Waals surface area contributed by atoms with Gasteiger partial charge in [0.05, 0.1) is 20.2 Å². The highest BCUT2D eigenvalue weighted by Gasteiger charge is 2.08. The van der Waals surface area contributed by atoms with Gasteiger partial charge in [0.1, 0.15) is 0 Å². The average Bonchev–Trinajstić information content (AvgIpc) is 2.96. The minimum Gasteiger partial charge on any atom is -0.322 e. The number of aromatic nitrogens is 2. The van der Waals surface area contributed by atoms with Crippen molar-refractivity contribution in [2.75, 3.05) is 5.32 Å². The molecule has 0 spiro atoms. The fourth-order valence-electron chi connectivity index (χ4n) is 1.65. The summed E-state index contributed by atoms with van der Waals surface area (Å²) in [6.45, 7) is 0. The zero-order chi connectivity index (χ0) is 12.5. The lowest BCUT2D eigenvalue weighted by atomic mass is 10.2. The summed E-state index contributed by atoms with van der Waals surface area (Å²) in [5.41, 5.74) is 2.36. The molecule has 4 nitrogen and oxygen atoms in total. The van der Waals surface area contributed by atoms with Gasteiger partial charge in [-0.1, -0.05) is 0 Å². The number of hydrogen-bond acceptors (Lipinski definition) is 3. The Hall–Kier alpha value is -1.41. The van der Waals surface area contributed by atoms with Crippen molar-refractivity contribution >= 4 is 56.4 Å². The number of fused-ring (bicyclic) bond motifs is 1. The van der Waals surface area contributed by atoms with Gasteiger partial charge in [0, 0.05) is 16.5 Å². The lowest BCUT2D eigenvalue weighted by molar-refractivity contribution is 0.102. The molecule has 0 bridgehead atoms. The highest BCUT2D eigenvalue weighted by molar-refractivity contribution is 14.1. The van der Waals surface area contributed by atoms with Gasteiger partial charge in [-0.2, -0.15) is 5.10 Å². The molecule has 2 heterocycles. The van der Waals surface area contributed by atoms with Crippen LogP contribution >= 0.6 is 33.9 Å². The number of anilines is 1. The van der Waals surface area contributed by atoms with E-state index in [2.05, 4.69) is 38.1 Å². The average molecular weight is 369 g/mol. The molecule has 0 aliphatic carbocycles. The molecule has 0 radical (unpaired) electrons. The first-order valence-electron chi connectivity index (χ1n) is 5.21. The molecule has 1 aromatic carbocycles. The Morgan fingerprint density at radius 3 is 3.06 bits per heavy atom. The summed E-state index contributed by atoms with van der Waals surface area (Å²) in [4.78, 5) is 12.0. The first kappa shape index (κ1) is 11.7. The molecule has 1 amide bonds. The third-order valence-corrected chi connectivity index (χ3v) is 4.32. The molecule has 6 heteroatoms. The zero-order valence-electron chi connectivity index (χ0n) is 9.11. The molecule has 0 unspecified atom stereocenters. The third-order valence-electron chi connectivity index (χ3n) is 2.53. The molecular weight excluding hydrogens is 361 g/mol. The standard InChI is InChI=1S/C12H8IN3OS/c13-11-3-8(6-18-11)12(17)15-9-2-1-7-5-14-16-10(7)4-9/h1-6H,(H,14,16)(H,15,17). The Labute approximate surface area is 121 Å². The van der Waals surface area contributed by atoms with E-state index in [-0.39, 0.29) is 5.91 Å². The molecule has 0 fully saturated rings. The predicted octanol–water partition coefficient (Wildman–Crippen LogP) is 3.48. The van der Waals surface area contributed by atoms with Gasteiger partial charge >= 0.3 is 0 Å².